The van der Waals surface area contributed by atoms with Gasteiger partial charge in [0.25, 0.3) is 0 Å². The van der Waals surface area contributed by atoms with Gasteiger partial charge in [0.05, 0.1) is 0 Å². The van der Waals surface area contributed by atoms with Gasteiger partial charge in [-0.2, -0.15) is 0 Å². The third-order valence-electron chi connectivity index (χ3n) is 3.07. The van der Waals surface area contributed by atoms with Gasteiger partial charge in [0.1, 0.15) is 12.1 Å². The molecular weight excluding hydrogens is 224 g/mol. The summed E-state index contributed by atoms with van der Waals surface area (Å²) < 4.78 is 0. The largest absolute Gasteiger partial charge is 0.481 e. The van der Waals surface area contributed by atoms with E-state index < -0.39 is 18.1 Å². The molecule has 17 heavy (non-hydrogen) atoms. The van der Waals surface area contributed by atoms with E-state index in [1.54, 1.807) is 0 Å². The number of carboxylic acids is 1. The van der Waals surface area contributed by atoms with Crippen LogP contribution in [0, 0.1) is 5.92 Å². The smallest absolute Gasteiger partial charge is 0.303 e. The maximum absolute atomic E-state index is 11.7. The molecule has 0 aromatic rings. The molecule has 0 spiro atoms. The number of carbonyl (C=O) groups excluding carboxylic acids is 2. The molecule has 6 heteroatoms. The highest BCUT2D eigenvalue weighted by Gasteiger charge is 2.35. The van der Waals surface area contributed by atoms with Gasteiger partial charge in [-0.3, -0.25) is 14.4 Å². The average Bonchev–Trinajstić information content (AvgIpc) is 2.28. The van der Waals surface area contributed by atoms with Gasteiger partial charge in [-0.25, -0.2) is 0 Å². The second kappa shape index (κ2) is 5.65. The second-order valence-corrected chi connectivity index (χ2v) is 4.37. The van der Waals surface area contributed by atoms with E-state index in [1.807, 2.05) is 13.8 Å². The van der Waals surface area contributed by atoms with Gasteiger partial charge in [-0.1, -0.05) is 20.3 Å². The number of amides is 2. The summed E-state index contributed by atoms with van der Waals surface area (Å²) in [6.45, 7) is 3.84. The first-order valence-electron chi connectivity index (χ1n) is 5.78. The Hall–Kier alpha value is -1.59. The van der Waals surface area contributed by atoms with Crippen molar-refractivity contribution in [3.8, 4) is 0 Å². The highest BCUT2D eigenvalue weighted by Crippen LogP contribution is 2.13. The number of hydrogen-bond acceptors (Lipinski definition) is 3. The zero-order valence-electron chi connectivity index (χ0n) is 10.0. The molecule has 2 amide bonds. The number of piperazine rings is 1. The zero-order valence-corrected chi connectivity index (χ0v) is 10.0. The fraction of sp³-hybridized carbons (Fsp3) is 0.727. The van der Waals surface area contributed by atoms with Crippen LogP contribution < -0.4 is 10.6 Å². The van der Waals surface area contributed by atoms with Gasteiger partial charge >= 0.3 is 5.97 Å². The fourth-order valence-corrected chi connectivity index (χ4v) is 1.75. The predicted octanol–water partition coefficient (Wildman–Crippen LogP) is -0.119. The Bertz CT molecular complexity index is 329. The van der Waals surface area contributed by atoms with Crippen LogP contribution >= 0.6 is 0 Å². The average molecular weight is 242 g/mol. The van der Waals surface area contributed by atoms with E-state index in [-0.39, 0.29) is 30.6 Å². The fourth-order valence-electron chi connectivity index (χ4n) is 1.75. The van der Waals surface area contributed by atoms with Crippen molar-refractivity contribution in [2.24, 2.45) is 5.92 Å². The van der Waals surface area contributed by atoms with Crippen LogP contribution in [0.15, 0.2) is 0 Å². The van der Waals surface area contributed by atoms with Gasteiger partial charge in [0, 0.05) is 6.42 Å². The lowest BCUT2D eigenvalue weighted by atomic mass is 9.95. The van der Waals surface area contributed by atoms with Crippen molar-refractivity contribution in [2.75, 3.05) is 0 Å². The molecule has 0 saturated carbocycles. The third kappa shape index (κ3) is 3.44. The first kappa shape index (κ1) is 13.5. The van der Waals surface area contributed by atoms with E-state index in [0.29, 0.717) is 0 Å². The molecule has 96 valence electrons. The number of carboxylic acid groups (broad SMARTS) is 1. The van der Waals surface area contributed by atoms with Gasteiger partial charge in [-0.15, -0.1) is 0 Å². The maximum atomic E-state index is 11.7. The van der Waals surface area contributed by atoms with Crippen molar-refractivity contribution in [2.45, 2.75) is 45.2 Å². The second-order valence-electron chi connectivity index (χ2n) is 4.37. The Morgan fingerprint density at radius 3 is 2.53 bits per heavy atom. The highest BCUT2D eigenvalue weighted by atomic mass is 16.4. The summed E-state index contributed by atoms with van der Waals surface area (Å²) in [7, 11) is 0. The molecular formula is C11H18N2O4. The van der Waals surface area contributed by atoms with E-state index in [2.05, 4.69) is 10.6 Å². The minimum Gasteiger partial charge on any atom is -0.481 e. The molecule has 1 heterocycles. The van der Waals surface area contributed by atoms with Crippen LogP contribution in [0.5, 0.6) is 0 Å². The van der Waals surface area contributed by atoms with E-state index >= 15 is 0 Å². The Morgan fingerprint density at radius 2 is 2.00 bits per heavy atom. The predicted molar refractivity (Wildman–Crippen MR) is 60.2 cm³/mol. The number of rotatable bonds is 5. The molecule has 0 radical (unpaired) electrons. The minimum atomic E-state index is -0.976. The van der Waals surface area contributed by atoms with Crippen molar-refractivity contribution in [3.05, 3.63) is 0 Å². The normalized spacial score (nSPS) is 26.0. The summed E-state index contributed by atoms with van der Waals surface area (Å²) in [5, 5.41) is 13.7. The van der Waals surface area contributed by atoms with E-state index in [1.165, 1.54) is 0 Å². The molecule has 0 aliphatic carbocycles. The van der Waals surface area contributed by atoms with Gasteiger partial charge in [-0.05, 0) is 12.3 Å². The minimum absolute atomic E-state index is 0.0689. The number of carbonyl (C=O) groups is 3. The van der Waals surface area contributed by atoms with Crippen LogP contribution in [0.3, 0.4) is 0 Å². The molecule has 0 aromatic carbocycles. The van der Waals surface area contributed by atoms with Crippen LogP contribution in [0.25, 0.3) is 0 Å². The molecule has 0 unspecified atom stereocenters. The first-order valence-corrected chi connectivity index (χ1v) is 5.78. The van der Waals surface area contributed by atoms with Gasteiger partial charge < -0.3 is 15.7 Å². The van der Waals surface area contributed by atoms with Crippen molar-refractivity contribution in [1.82, 2.24) is 10.6 Å². The molecule has 0 aromatic heterocycles. The molecule has 1 fully saturated rings. The highest BCUT2D eigenvalue weighted by molar-refractivity contribution is 5.97. The van der Waals surface area contributed by atoms with Crippen LogP contribution in [-0.4, -0.2) is 35.0 Å². The third-order valence-corrected chi connectivity index (χ3v) is 3.07. The Morgan fingerprint density at radius 1 is 1.35 bits per heavy atom. The molecule has 6 nitrogen and oxygen atoms in total. The van der Waals surface area contributed by atoms with Crippen LogP contribution in [0.4, 0.5) is 0 Å². The van der Waals surface area contributed by atoms with Crippen molar-refractivity contribution in [1.29, 1.82) is 0 Å². The van der Waals surface area contributed by atoms with E-state index in [9.17, 15) is 14.4 Å². The summed E-state index contributed by atoms with van der Waals surface area (Å²) >= 11 is 0. The van der Waals surface area contributed by atoms with Crippen LogP contribution in [0.1, 0.15) is 33.1 Å². The van der Waals surface area contributed by atoms with Crippen molar-refractivity contribution >= 4 is 17.8 Å². The zero-order chi connectivity index (χ0) is 13.0. The Kier molecular flexibility index (Phi) is 4.48. The summed E-state index contributed by atoms with van der Waals surface area (Å²) in [5.41, 5.74) is 0. The number of aliphatic carboxylic acids is 1. The lowest BCUT2D eigenvalue weighted by molar-refractivity contribution is -0.140. The van der Waals surface area contributed by atoms with E-state index in [4.69, 9.17) is 5.11 Å². The standard InChI is InChI=1S/C11H18N2O4/c1-3-6(2)9-11(17)12-7(10(16)13-9)4-5-8(14)15/h6-7,9H,3-5H2,1-2H3,(H,12,17)(H,13,16)(H,14,15)/t6-,7-,9-/m0/s1. The molecule has 1 aliphatic heterocycles. The maximum Gasteiger partial charge on any atom is 0.303 e. The topological polar surface area (TPSA) is 95.5 Å². The molecule has 0 bridgehead atoms. The molecule has 1 saturated heterocycles. The number of hydrogen-bond donors (Lipinski definition) is 3. The van der Waals surface area contributed by atoms with Crippen molar-refractivity contribution in [3.63, 3.8) is 0 Å². The van der Waals surface area contributed by atoms with Crippen LogP contribution in [-0.2, 0) is 14.4 Å². The summed E-state index contributed by atoms with van der Waals surface area (Å²) in [4.78, 5) is 33.8. The first-order chi connectivity index (χ1) is 7.95. The quantitative estimate of drug-likeness (QED) is 0.626. The molecule has 3 N–H and O–H groups in total. The number of nitrogens with one attached hydrogen (secondary N) is 2. The SMILES string of the molecule is CC[C@H](C)[C@@H]1NC(=O)[C@H](CCC(=O)O)NC1=O. The van der Waals surface area contributed by atoms with Crippen LogP contribution in [0.2, 0.25) is 0 Å². The van der Waals surface area contributed by atoms with Crippen molar-refractivity contribution < 1.29 is 19.5 Å². The van der Waals surface area contributed by atoms with E-state index in [0.717, 1.165) is 6.42 Å². The lowest BCUT2D eigenvalue weighted by Gasteiger charge is -2.32. The molecule has 1 rings (SSSR count). The molecule has 3 atom stereocenters. The molecule has 1 aliphatic rings. The Balaban J connectivity index is 2.58. The lowest BCUT2D eigenvalue weighted by Crippen LogP contribution is -2.63. The van der Waals surface area contributed by atoms with Gasteiger partial charge in [0.15, 0.2) is 0 Å². The van der Waals surface area contributed by atoms with Gasteiger partial charge in [0.2, 0.25) is 11.8 Å². The summed E-state index contributed by atoms with van der Waals surface area (Å²) in [6.07, 6.45) is 0.782. The Labute approximate surface area is 99.8 Å². The summed E-state index contributed by atoms with van der Waals surface area (Å²) in [6, 6.07) is -1.23. The summed E-state index contributed by atoms with van der Waals surface area (Å²) in [5.74, 6) is -1.43. The monoisotopic (exact) mass is 242 g/mol.